The van der Waals surface area contributed by atoms with Crippen molar-refractivity contribution in [1.29, 1.82) is 0 Å². The van der Waals surface area contributed by atoms with E-state index in [1.807, 2.05) is 45.9 Å². The highest BCUT2D eigenvalue weighted by atomic mass is 16.1. The number of carbonyl (C=O) groups is 1. The van der Waals surface area contributed by atoms with E-state index in [-0.39, 0.29) is 17.7 Å². The molecule has 1 unspecified atom stereocenters. The quantitative estimate of drug-likeness (QED) is 0.720. The molecule has 0 heterocycles. The van der Waals surface area contributed by atoms with E-state index in [9.17, 15) is 4.79 Å². The summed E-state index contributed by atoms with van der Waals surface area (Å²) in [4.78, 5) is 12.4. The van der Waals surface area contributed by atoms with Crippen LogP contribution >= 0.6 is 0 Å². The van der Waals surface area contributed by atoms with E-state index in [2.05, 4.69) is 55.6 Å². The molecule has 136 valence electrons. The highest BCUT2D eigenvalue weighted by Gasteiger charge is 2.22. The van der Waals surface area contributed by atoms with Crippen molar-refractivity contribution < 1.29 is 4.79 Å². The topological polar surface area (TPSA) is 29.1 Å². The normalized spacial score (nSPS) is 11.8. The second kappa shape index (κ2) is 10.8. The average Bonchev–Trinajstić information content (AvgIpc) is 2.63. The van der Waals surface area contributed by atoms with Gasteiger partial charge in [-0.15, -0.1) is 0 Å². The average molecular weight is 340 g/mol. The summed E-state index contributed by atoms with van der Waals surface area (Å²) >= 11 is 0. The van der Waals surface area contributed by atoms with E-state index in [0.717, 1.165) is 6.42 Å². The molecule has 0 bridgehead atoms. The monoisotopic (exact) mass is 339 g/mol. The molecule has 0 saturated carbocycles. The molecule has 2 aromatic carbocycles. The molecule has 0 spiro atoms. The molecular formula is C23H33NO. The van der Waals surface area contributed by atoms with Gasteiger partial charge < -0.3 is 5.32 Å². The summed E-state index contributed by atoms with van der Waals surface area (Å²) in [5.74, 6) is 0.334. The van der Waals surface area contributed by atoms with Crippen LogP contribution in [-0.4, -0.2) is 17.9 Å². The highest BCUT2D eigenvalue weighted by molar-refractivity contribution is 5.86. The molecule has 1 atom stereocenters. The largest absolute Gasteiger partial charge is 0.305 e. The molecule has 0 amide bonds. The SMILES string of the molecule is CC.CC(C)NC(Cc1ccc(-c2ccccc2)cc1)C(=O)C(C)C. The van der Waals surface area contributed by atoms with Crippen molar-refractivity contribution in [3.8, 4) is 11.1 Å². The molecule has 1 N–H and O–H groups in total. The Balaban J connectivity index is 0.00000151. The minimum atomic E-state index is -0.113. The summed E-state index contributed by atoms with van der Waals surface area (Å²) in [6.45, 7) is 12.1. The number of hydrogen-bond donors (Lipinski definition) is 1. The lowest BCUT2D eigenvalue weighted by atomic mass is 9.94. The first kappa shape index (κ1) is 21.1. The molecule has 2 heteroatoms. The maximum Gasteiger partial charge on any atom is 0.152 e. The van der Waals surface area contributed by atoms with Crippen molar-refractivity contribution in [2.45, 2.75) is 60.0 Å². The van der Waals surface area contributed by atoms with Gasteiger partial charge in [-0.25, -0.2) is 0 Å². The fraction of sp³-hybridized carbons (Fsp3) is 0.435. The third kappa shape index (κ3) is 6.83. The minimum absolute atomic E-state index is 0.0508. The lowest BCUT2D eigenvalue weighted by molar-refractivity contribution is -0.124. The van der Waals surface area contributed by atoms with Gasteiger partial charge in [0.2, 0.25) is 0 Å². The smallest absolute Gasteiger partial charge is 0.152 e. The molecule has 0 aliphatic carbocycles. The maximum atomic E-state index is 12.4. The fourth-order valence-electron chi connectivity index (χ4n) is 2.75. The second-order valence-corrected chi connectivity index (χ2v) is 6.70. The molecule has 0 fully saturated rings. The Morgan fingerprint density at radius 1 is 0.840 bits per heavy atom. The van der Waals surface area contributed by atoms with E-state index in [0.29, 0.717) is 6.04 Å². The van der Waals surface area contributed by atoms with Crippen molar-refractivity contribution in [3.63, 3.8) is 0 Å². The number of benzene rings is 2. The predicted molar refractivity (Wildman–Crippen MR) is 109 cm³/mol. The van der Waals surface area contributed by atoms with Crippen molar-refractivity contribution >= 4 is 5.78 Å². The Morgan fingerprint density at radius 2 is 1.36 bits per heavy atom. The zero-order chi connectivity index (χ0) is 18.8. The van der Waals surface area contributed by atoms with Crippen LogP contribution in [0.1, 0.15) is 47.1 Å². The van der Waals surface area contributed by atoms with Crippen LogP contribution < -0.4 is 5.32 Å². The van der Waals surface area contributed by atoms with Crippen molar-refractivity contribution in [2.24, 2.45) is 5.92 Å². The fourth-order valence-corrected chi connectivity index (χ4v) is 2.75. The molecular weight excluding hydrogens is 306 g/mol. The van der Waals surface area contributed by atoms with Gasteiger partial charge in [-0.1, -0.05) is 96.1 Å². The summed E-state index contributed by atoms with van der Waals surface area (Å²) in [7, 11) is 0. The molecule has 25 heavy (non-hydrogen) atoms. The molecule has 0 aromatic heterocycles. The Hall–Kier alpha value is -1.93. The van der Waals surface area contributed by atoms with Gasteiger partial charge in [0.05, 0.1) is 6.04 Å². The van der Waals surface area contributed by atoms with Gasteiger partial charge in [0, 0.05) is 12.0 Å². The zero-order valence-electron chi connectivity index (χ0n) is 16.5. The zero-order valence-corrected chi connectivity index (χ0v) is 16.5. The van der Waals surface area contributed by atoms with E-state index in [1.165, 1.54) is 16.7 Å². The van der Waals surface area contributed by atoms with Crippen LogP contribution in [0.15, 0.2) is 54.6 Å². The van der Waals surface area contributed by atoms with Gasteiger partial charge in [0.25, 0.3) is 0 Å². The van der Waals surface area contributed by atoms with E-state index < -0.39 is 0 Å². The molecule has 0 aliphatic heterocycles. The van der Waals surface area contributed by atoms with Gasteiger partial charge in [0.15, 0.2) is 5.78 Å². The number of ketones is 1. The van der Waals surface area contributed by atoms with Gasteiger partial charge >= 0.3 is 0 Å². The van der Waals surface area contributed by atoms with Crippen LogP contribution in [0.25, 0.3) is 11.1 Å². The first-order chi connectivity index (χ1) is 12.0. The van der Waals surface area contributed by atoms with Crippen LogP contribution in [0.2, 0.25) is 0 Å². The third-order valence-electron chi connectivity index (χ3n) is 3.95. The third-order valence-corrected chi connectivity index (χ3v) is 3.95. The van der Waals surface area contributed by atoms with Gasteiger partial charge in [-0.3, -0.25) is 4.79 Å². The minimum Gasteiger partial charge on any atom is -0.305 e. The molecule has 0 aliphatic rings. The number of nitrogens with one attached hydrogen (secondary N) is 1. The van der Waals surface area contributed by atoms with Crippen molar-refractivity contribution in [2.75, 3.05) is 0 Å². The Morgan fingerprint density at radius 3 is 1.84 bits per heavy atom. The van der Waals surface area contributed by atoms with Crippen LogP contribution in [0.5, 0.6) is 0 Å². The van der Waals surface area contributed by atoms with Crippen molar-refractivity contribution in [1.82, 2.24) is 5.32 Å². The summed E-state index contributed by atoms with van der Waals surface area (Å²) in [6, 6.07) is 19.1. The maximum absolute atomic E-state index is 12.4. The van der Waals surface area contributed by atoms with E-state index in [4.69, 9.17) is 0 Å². The van der Waals surface area contributed by atoms with Crippen LogP contribution in [-0.2, 0) is 11.2 Å². The van der Waals surface area contributed by atoms with Crippen molar-refractivity contribution in [3.05, 3.63) is 60.2 Å². The molecule has 0 radical (unpaired) electrons. The Bertz CT molecular complexity index is 614. The molecule has 2 nitrogen and oxygen atoms in total. The number of Topliss-reactive ketones (excluding diaryl/α,β-unsaturated/α-hetero) is 1. The first-order valence-electron chi connectivity index (χ1n) is 9.41. The van der Waals surface area contributed by atoms with Gasteiger partial charge in [-0.2, -0.15) is 0 Å². The van der Waals surface area contributed by atoms with E-state index in [1.54, 1.807) is 0 Å². The molecule has 2 aromatic rings. The summed E-state index contributed by atoms with van der Waals surface area (Å²) in [5.41, 5.74) is 3.61. The highest BCUT2D eigenvalue weighted by Crippen LogP contribution is 2.20. The van der Waals surface area contributed by atoms with Crippen LogP contribution in [0, 0.1) is 5.92 Å². The first-order valence-corrected chi connectivity index (χ1v) is 9.41. The lowest BCUT2D eigenvalue weighted by Gasteiger charge is -2.22. The van der Waals surface area contributed by atoms with Crippen LogP contribution in [0.3, 0.4) is 0 Å². The predicted octanol–water partition coefficient (Wildman–Crippen LogP) is 5.51. The lowest BCUT2D eigenvalue weighted by Crippen LogP contribution is -2.44. The van der Waals surface area contributed by atoms with Gasteiger partial charge in [-0.05, 0) is 23.1 Å². The summed E-state index contributed by atoms with van der Waals surface area (Å²) < 4.78 is 0. The van der Waals surface area contributed by atoms with Crippen LogP contribution in [0.4, 0.5) is 0 Å². The summed E-state index contributed by atoms with van der Waals surface area (Å²) in [6.07, 6.45) is 0.740. The van der Waals surface area contributed by atoms with E-state index >= 15 is 0 Å². The Labute approximate surface area is 153 Å². The second-order valence-electron chi connectivity index (χ2n) is 6.70. The number of carbonyl (C=O) groups excluding carboxylic acids is 1. The number of hydrogen-bond acceptors (Lipinski definition) is 2. The van der Waals surface area contributed by atoms with Gasteiger partial charge in [0.1, 0.15) is 0 Å². The standard InChI is InChI=1S/C21H27NO.C2H6/c1-15(2)21(23)20(22-16(3)4)14-17-10-12-19(13-11-17)18-8-6-5-7-9-18;1-2/h5-13,15-16,20,22H,14H2,1-4H3;1-2H3. The summed E-state index contributed by atoms with van der Waals surface area (Å²) in [5, 5.41) is 3.41. The number of rotatable bonds is 7. The molecule has 0 saturated heterocycles. The Kier molecular flexibility index (Phi) is 9.15. The molecule has 2 rings (SSSR count).